The number of aliphatic hydroxyl groups excluding tert-OH is 1. The summed E-state index contributed by atoms with van der Waals surface area (Å²) in [5.74, 6) is -1.17. The number of aryl methyl sites for hydroxylation is 1. The van der Waals surface area contributed by atoms with E-state index in [0.717, 1.165) is 6.07 Å². The predicted octanol–water partition coefficient (Wildman–Crippen LogP) is 0.496. The molecule has 0 saturated heterocycles. The van der Waals surface area contributed by atoms with Gasteiger partial charge in [0.1, 0.15) is 0 Å². The molecule has 0 aromatic heterocycles. The Morgan fingerprint density at radius 3 is 2.53 bits per heavy atom. The highest BCUT2D eigenvalue weighted by Gasteiger charge is 2.45. The monoisotopic (exact) mass is 285 g/mol. The average Bonchev–Trinajstić information content (AvgIpc) is 3.08. The van der Waals surface area contributed by atoms with E-state index in [1.54, 1.807) is 6.92 Å². The van der Waals surface area contributed by atoms with Crippen LogP contribution in [0.3, 0.4) is 0 Å². The smallest absolute Gasteiger partial charge is 0.335 e. The number of benzene rings is 1. The lowest BCUT2D eigenvalue weighted by Gasteiger charge is -2.15. The van der Waals surface area contributed by atoms with Crippen LogP contribution < -0.4 is 4.72 Å². The number of aliphatic hydroxyl groups is 1. The van der Waals surface area contributed by atoms with Crippen molar-refractivity contribution in [2.75, 3.05) is 6.61 Å². The van der Waals surface area contributed by atoms with E-state index in [2.05, 4.69) is 4.72 Å². The van der Waals surface area contributed by atoms with Crippen molar-refractivity contribution in [2.24, 2.45) is 0 Å². The first kappa shape index (κ1) is 14.0. The predicted molar refractivity (Wildman–Crippen MR) is 67.5 cm³/mol. The first-order valence-corrected chi connectivity index (χ1v) is 7.27. The van der Waals surface area contributed by atoms with E-state index >= 15 is 0 Å². The lowest BCUT2D eigenvalue weighted by Crippen LogP contribution is -2.39. The molecule has 1 aromatic carbocycles. The molecular weight excluding hydrogens is 270 g/mol. The van der Waals surface area contributed by atoms with Gasteiger partial charge in [0.05, 0.1) is 22.6 Å². The van der Waals surface area contributed by atoms with Gasteiger partial charge in [0.25, 0.3) is 0 Å². The van der Waals surface area contributed by atoms with Gasteiger partial charge in [-0.05, 0) is 37.5 Å². The molecule has 1 aromatic rings. The van der Waals surface area contributed by atoms with Gasteiger partial charge >= 0.3 is 5.97 Å². The zero-order valence-corrected chi connectivity index (χ0v) is 11.2. The minimum atomic E-state index is -3.81. The summed E-state index contributed by atoms with van der Waals surface area (Å²) < 4.78 is 26.7. The Labute approximate surface area is 111 Å². The van der Waals surface area contributed by atoms with Gasteiger partial charge in [0, 0.05) is 0 Å². The molecule has 2 rings (SSSR count). The number of hydrogen-bond donors (Lipinski definition) is 3. The van der Waals surface area contributed by atoms with Crippen molar-refractivity contribution in [3.05, 3.63) is 29.3 Å². The number of nitrogens with one attached hydrogen (secondary N) is 1. The molecule has 1 fully saturated rings. The van der Waals surface area contributed by atoms with Gasteiger partial charge in [-0.15, -0.1) is 0 Å². The average molecular weight is 285 g/mol. The lowest BCUT2D eigenvalue weighted by atomic mass is 10.1. The van der Waals surface area contributed by atoms with Crippen LogP contribution in [0.1, 0.15) is 28.8 Å². The summed E-state index contributed by atoms with van der Waals surface area (Å²) in [6.07, 6.45) is 1.17. The fourth-order valence-electron chi connectivity index (χ4n) is 1.79. The Kier molecular flexibility index (Phi) is 3.38. The van der Waals surface area contributed by atoms with E-state index < -0.39 is 21.5 Å². The minimum Gasteiger partial charge on any atom is -0.478 e. The van der Waals surface area contributed by atoms with Crippen LogP contribution >= 0.6 is 0 Å². The Hall–Kier alpha value is -1.44. The number of carboxylic acids is 1. The number of aromatic carboxylic acids is 1. The van der Waals surface area contributed by atoms with Crippen molar-refractivity contribution in [2.45, 2.75) is 30.2 Å². The third-order valence-corrected chi connectivity index (χ3v) is 4.83. The van der Waals surface area contributed by atoms with Gasteiger partial charge < -0.3 is 10.2 Å². The summed E-state index contributed by atoms with van der Waals surface area (Å²) in [6.45, 7) is 1.34. The van der Waals surface area contributed by atoms with Crippen LogP contribution in [-0.4, -0.2) is 36.7 Å². The number of carboxylic acid groups (broad SMARTS) is 1. The van der Waals surface area contributed by atoms with Crippen LogP contribution in [0.2, 0.25) is 0 Å². The molecule has 104 valence electrons. The van der Waals surface area contributed by atoms with Crippen molar-refractivity contribution in [1.29, 1.82) is 0 Å². The van der Waals surface area contributed by atoms with Gasteiger partial charge in [-0.3, -0.25) is 0 Å². The Balaban J connectivity index is 2.36. The topological polar surface area (TPSA) is 104 Å². The number of sulfonamides is 1. The normalized spacial score (nSPS) is 17.2. The largest absolute Gasteiger partial charge is 0.478 e. The molecule has 0 radical (unpaired) electrons. The van der Waals surface area contributed by atoms with Crippen LogP contribution in [-0.2, 0) is 10.0 Å². The molecular formula is C12H15NO5S. The summed E-state index contributed by atoms with van der Waals surface area (Å²) in [6, 6.07) is 3.95. The Morgan fingerprint density at radius 1 is 1.42 bits per heavy atom. The van der Waals surface area contributed by atoms with Crippen LogP contribution in [0, 0.1) is 6.92 Å². The second-order valence-corrected chi connectivity index (χ2v) is 6.51. The molecule has 1 saturated carbocycles. The van der Waals surface area contributed by atoms with Crippen LogP contribution in [0.4, 0.5) is 0 Å². The molecule has 0 aliphatic heterocycles. The molecule has 6 nitrogen and oxygen atoms in total. The maximum atomic E-state index is 12.1. The molecule has 0 bridgehead atoms. The van der Waals surface area contributed by atoms with Crippen molar-refractivity contribution in [3.63, 3.8) is 0 Å². The van der Waals surface area contributed by atoms with E-state index in [1.165, 1.54) is 12.1 Å². The number of carbonyl (C=O) groups is 1. The molecule has 7 heteroatoms. The van der Waals surface area contributed by atoms with Gasteiger partial charge in [-0.2, -0.15) is 0 Å². The highest BCUT2D eigenvalue weighted by Crippen LogP contribution is 2.36. The van der Waals surface area contributed by atoms with Crippen LogP contribution in [0.25, 0.3) is 0 Å². The minimum absolute atomic E-state index is 0.0447. The first-order valence-electron chi connectivity index (χ1n) is 5.78. The van der Waals surface area contributed by atoms with Crippen molar-refractivity contribution in [3.8, 4) is 0 Å². The fourth-order valence-corrected chi connectivity index (χ4v) is 3.26. The van der Waals surface area contributed by atoms with Crippen molar-refractivity contribution < 1.29 is 23.4 Å². The van der Waals surface area contributed by atoms with Crippen molar-refractivity contribution >= 4 is 16.0 Å². The highest BCUT2D eigenvalue weighted by molar-refractivity contribution is 7.89. The number of hydrogen-bond acceptors (Lipinski definition) is 4. The molecule has 0 atom stereocenters. The standard InChI is InChI=1S/C12H15NO5S/c1-8-2-3-9(6-10(8)11(15)16)19(17,18)13-12(7-14)4-5-12/h2-3,6,13-14H,4-5,7H2,1H3,(H,15,16). The quantitative estimate of drug-likeness (QED) is 0.730. The van der Waals surface area contributed by atoms with E-state index in [1.807, 2.05) is 0 Å². The fraction of sp³-hybridized carbons (Fsp3) is 0.417. The molecule has 0 unspecified atom stereocenters. The molecule has 0 heterocycles. The van der Waals surface area contributed by atoms with E-state index in [9.17, 15) is 13.2 Å². The molecule has 19 heavy (non-hydrogen) atoms. The summed E-state index contributed by atoms with van der Waals surface area (Å²) >= 11 is 0. The summed E-state index contributed by atoms with van der Waals surface area (Å²) in [5, 5.41) is 18.1. The summed E-state index contributed by atoms with van der Waals surface area (Å²) in [7, 11) is -3.81. The maximum Gasteiger partial charge on any atom is 0.335 e. The maximum absolute atomic E-state index is 12.1. The third kappa shape index (κ3) is 2.78. The Bertz CT molecular complexity index is 619. The second-order valence-electron chi connectivity index (χ2n) is 4.83. The van der Waals surface area contributed by atoms with Gasteiger partial charge in [0.2, 0.25) is 10.0 Å². The summed E-state index contributed by atoms with van der Waals surface area (Å²) in [5.41, 5.74) is -0.320. The van der Waals surface area contributed by atoms with Crippen LogP contribution in [0.15, 0.2) is 23.1 Å². The first-order chi connectivity index (χ1) is 8.80. The van der Waals surface area contributed by atoms with Gasteiger partial charge in [0.15, 0.2) is 0 Å². The van der Waals surface area contributed by atoms with Crippen LogP contribution in [0.5, 0.6) is 0 Å². The zero-order chi connectivity index (χ0) is 14.3. The molecule has 1 aliphatic rings. The molecule has 0 amide bonds. The molecule has 3 N–H and O–H groups in total. The molecule has 0 spiro atoms. The zero-order valence-electron chi connectivity index (χ0n) is 10.4. The SMILES string of the molecule is Cc1ccc(S(=O)(=O)NC2(CO)CC2)cc1C(=O)O. The van der Waals surface area contributed by atoms with E-state index in [-0.39, 0.29) is 17.1 Å². The Morgan fingerprint density at radius 2 is 2.05 bits per heavy atom. The van der Waals surface area contributed by atoms with Gasteiger partial charge in [-0.1, -0.05) is 6.07 Å². The van der Waals surface area contributed by atoms with Crippen molar-refractivity contribution in [1.82, 2.24) is 4.72 Å². The lowest BCUT2D eigenvalue weighted by molar-refractivity contribution is 0.0696. The van der Waals surface area contributed by atoms with E-state index in [0.29, 0.717) is 18.4 Å². The van der Waals surface area contributed by atoms with Gasteiger partial charge in [-0.25, -0.2) is 17.9 Å². The third-order valence-electron chi connectivity index (χ3n) is 3.26. The van der Waals surface area contributed by atoms with E-state index in [4.69, 9.17) is 10.2 Å². The molecule has 1 aliphatic carbocycles. The number of rotatable bonds is 5. The summed E-state index contributed by atoms with van der Waals surface area (Å²) in [4.78, 5) is 10.9. The highest BCUT2D eigenvalue weighted by atomic mass is 32.2. The second kappa shape index (κ2) is 4.59.